The predicted octanol–water partition coefficient (Wildman–Crippen LogP) is 2.33. The molecule has 1 saturated heterocycles. The lowest BCUT2D eigenvalue weighted by molar-refractivity contribution is -0.117. The van der Waals surface area contributed by atoms with Crippen LogP contribution >= 0.6 is 0 Å². The van der Waals surface area contributed by atoms with Gasteiger partial charge in [0.1, 0.15) is 18.0 Å². The normalized spacial score (nSPS) is 24.4. The standard InChI is InChI=1S/C18H21FN4O4S/c1-11-2-4-13(5-3-11)22-9-12(8-20-22)14-6-7-15(24)18(17(14)19)23-10-16(25)21-28(23,26)27/h6-9,11,13,24H,2-5,10H2,1H3,(H,21,25). The first-order valence-corrected chi connectivity index (χ1v) is 10.6. The summed E-state index contributed by atoms with van der Waals surface area (Å²) in [7, 11) is -4.24. The van der Waals surface area contributed by atoms with Crippen LogP contribution in [0, 0.1) is 11.7 Å². The quantitative estimate of drug-likeness (QED) is 0.811. The number of rotatable bonds is 3. The maximum atomic E-state index is 15.2. The Morgan fingerprint density at radius 1 is 1.25 bits per heavy atom. The highest BCUT2D eigenvalue weighted by atomic mass is 32.2. The molecule has 150 valence electrons. The fourth-order valence-corrected chi connectivity index (χ4v) is 5.01. The first kappa shape index (κ1) is 18.7. The number of carbonyl (C=O) groups excluding carboxylic acids is 1. The van der Waals surface area contributed by atoms with Gasteiger partial charge in [0.15, 0.2) is 5.82 Å². The van der Waals surface area contributed by atoms with Gasteiger partial charge in [-0.2, -0.15) is 13.5 Å². The minimum Gasteiger partial charge on any atom is -0.506 e. The fraction of sp³-hybridized carbons (Fsp3) is 0.444. The third kappa shape index (κ3) is 3.21. The molecule has 0 spiro atoms. The molecule has 1 amide bonds. The lowest BCUT2D eigenvalue weighted by Crippen LogP contribution is -2.30. The Kier molecular flexibility index (Phi) is 4.53. The average molecular weight is 408 g/mol. The molecule has 0 unspecified atom stereocenters. The monoisotopic (exact) mass is 408 g/mol. The maximum Gasteiger partial charge on any atom is 0.326 e. The van der Waals surface area contributed by atoms with Crippen LogP contribution in [-0.2, 0) is 15.0 Å². The molecular formula is C18H21FN4O4S. The largest absolute Gasteiger partial charge is 0.506 e. The van der Waals surface area contributed by atoms with E-state index in [0.717, 1.165) is 25.7 Å². The van der Waals surface area contributed by atoms with Crippen molar-refractivity contribution >= 4 is 21.8 Å². The maximum absolute atomic E-state index is 15.2. The lowest BCUT2D eigenvalue weighted by atomic mass is 9.87. The van der Waals surface area contributed by atoms with Crippen molar-refractivity contribution in [2.24, 2.45) is 5.92 Å². The van der Waals surface area contributed by atoms with E-state index >= 15 is 4.39 Å². The molecule has 8 nitrogen and oxygen atoms in total. The van der Waals surface area contributed by atoms with Crippen molar-refractivity contribution in [2.75, 3.05) is 10.8 Å². The van der Waals surface area contributed by atoms with E-state index in [-0.39, 0.29) is 11.6 Å². The SMILES string of the molecule is CC1CCC(n2cc(-c3ccc(O)c(N4CC(=O)NS4(=O)=O)c3F)cn2)CC1. The van der Waals surface area contributed by atoms with Gasteiger partial charge in [0, 0.05) is 17.3 Å². The summed E-state index contributed by atoms with van der Waals surface area (Å²) in [4.78, 5) is 11.5. The number of phenolic OH excluding ortho intramolecular Hbond substituents is 1. The van der Waals surface area contributed by atoms with E-state index in [9.17, 15) is 18.3 Å². The van der Waals surface area contributed by atoms with Gasteiger partial charge in [-0.05, 0) is 43.7 Å². The van der Waals surface area contributed by atoms with E-state index < -0.39 is 39.9 Å². The molecule has 0 bridgehead atoms. The zero-order chi connectivity index (χ0) is 20.1. The second kappa shape index (κ2) is 6.77. The molecule has 2 aliphatic rings. The van der Waals surface area contributed by atoms with E-state index in [2.05, 4.69) is 12.0 Å². The van der Waals surface area contributed by atoms with E-state index in [0.29, 0.717) is 15.8 Å². The molecule has 1 aromatic heterocycles. The summed E-state index contributed by atoms with van der Waals surface area (Å²) in [5, 5.41) is 14.4. The minimum atomic E-state index is -4.24. The van der Waals surface area contributed by atoms with Crippen molar-refractivity contribution in [2.45, 2.75) is 38.6 Å². The number of amides is 1. The third-order valence-corrected chi connectivity index (χ3v) is 6.81. The number of carbonyl (C=O) groups is 1. The fourth-order valence-electron chi connectivity index (χ4n) is 3.84. The Bertz CT molecular complexity index is 1030. The van der Waals surface area contributed by atoms with Gasteiger partial charge in [-0.1, -0.05) is 6.92 Å². The summed E-state index contributed by atoms with van der Waals surface area (Å²) < 4.78 is 43.5. The van der Waals surface area contributed by atoms with Crippen LogP contribution in [0.3, 0.4) is 0 Å². The Morgan fingerprint density at radius 2 is 1.96 bits per heavy atom. The molecule has 10 heteroatoms. The molecule has 1 aliphatic heterocycles. The zero-order valence-electron chi connectivity index (χ0n) is 15.3. The number of aromatic hydroxyl groups is 1. The number of hydrogen-bond acceptors (Lipinski definition) is 5. The number of hydrogen-bond donors (Lipinski definition) is 2. The van der Waals surface area contributed by atoms with E-state index in [1.807, 2.05) is 4.68 Å². The number of anilines is 1. The van der Waals surface area contributed by atoms with Crippen molar-refractivity contribution in [1.82, 2.24) is 14.5 Å². The van der Waals surface area contributed by atoms with E-state index in [4.69, 9.17) is 0 Å². The molecule has 0 atom stereocenters. The molecule has 4 rings (SSSR count). The van der Waals surface area contributed by atoms with Crippen molar-refractivity contribution in [3.05, 3.63) is 30.3 Å². The third-order valence-electron chi connectivity index (χ3n) is 5.44. The predicted molar refractivity (Wildman–Crippen MR) is 100 cm³/mol. The van der Waals surface area contributed by atoms with Gasteiger partial charge < -0.3 is 5.11 Å². The molecule has 0 radical (unpaired) electrons. The molecule has 1 saturated carbocycles. The highest BCUT2D eigenvalue weighted by molar-refractivity contribution is 7.92. The van der Waals surface area contributed by atoms with Gasteiger partial charge in [-0.3, -0.25) is 9.48 Å². The van der Waals surface area contributed by atoms with Crippen LogP contribution < -0.4 is 9.03 Å². The van der Waals surface area contributed by atoms with Gasteiger partial charge in [-0.25, -0.2) is 13.4 Å². The van der Waals surface area contributed by atoms with Crippen LogP contribution in [0.5, 0.6) is 5.75 Å². The summed E-state index contributed by atoms with van der Waals surface area (Å²) in [6.45, 7) is 1.64. The van der Waals surface area contributed by atoms with Crippen LogP contribution in [0.4, 0.5) is 10.1 Å². The van der Waals surface area contributed by atoms with Gasteiger partial charge in [0.2, 0.25) is 0 Å². The van der Waals surface area contributed by atoms with Crippen LogP contribution in [-0.4, -0.2) is 35.8 Å². The zero-order valence-corrected chi connectivity index (χ0v) is 16.1. The number of aromatic nitrogens is 2. The van der Waals surface area contributed by atoms with E-state index in [1.54, 1.807) is 10.9 Å². The van der Waals surface area contributed by atoms with Crippen LogP contribution in [0.2, 0.25) is 0 Å². The molecule has 2 heterocycles. The number of benzene rings is 1. The average Bonchev–Trinajstić information content (AvgIpc) is 3.20. The van der Waals surface area contributed by atoms with Crippen molar-refractivity contribution in [3.8, 4) is 16.9 Å². The van der Waals surface area contributed by atoms with Crippen LogP contribution in [0.1, 0.15) is 38.6 Å². The van der Waals surface area contributed by atoms with Gasteiger partial charge in [0.25, 0.3) is 5.91 Å². The first-order chi connectivity index (χ1) is 13.3. The molecule has 2 aromatic rings. The Morgan fingerprint density at radius 3 is 2.61 bits per heavy atom. The first-order valence-electron chi connectivity index (χ1n) is 9.15. The summed E-state index contributed by atoms with van der Waals surface area (Å²) in [5.74, 6) is -1.57. The Labute approximate surface area is 162 Å². The van der Waals surface area contributed by atoms with Crippen molar-refractivity contribution < 1.29 is 22.7 Å². The smallest absolute Gasteiger partial charge is 0.326 e. The Hall–Kier alpha value is -2.62. The number of nitrogens with zero attached hydrogens (tertiary/aromatic N) is 3. The molecular weight excluding hydrogens is 387 g/mol. The molecule has 2 fully saturated rings. The number of phenols is 1. The molecule has 28 heavy (non-hydrogen) atoms. The number of nitrogens with one attached hydrogen (secondary N) is 1. The highest BCUT2D eigenvalue weighted by Crippen LogP contribution is 2.39. The summed E-state index contributed by atoms with van der Waals surface area (Å²) in [6.07, 6.45) is 7.51. The topological polar surface area (TPSA) is 105 Å². The second-order valence-electron chi connectivity index (χ2n) is 7.45. The highest BCUT2D eigenvalue weighted by Gasteiger charge is 2.38. The second-order valence-corrected chi connectivity index (χ2v) is 9.05. The summed E-state index contributed by atoms with van der Waals surface area (Å²) in [6, 6.07) is 2.84. The van der Waals surface area contributed by atoms with Gasteiger partial charge in [-0.15, -0.1) is 0 Å². The molecule has 2 N–H and O–H groups in total. The summed E-state index contributed by atoms with van der Waals surface area (Å²) in [5.41, 5.74) is 0.0427. The van der Waals surface area contributed by atoms with Gasteiger partial charge in [0.05, 0.1) is 12.2 Å². The number of halogens is 1. The summed E-state index contributed by atoms with van der Waals surface area (Å²) >= 11 is 0. The lowest BCUT2D eigenvalue weighted by Gasteiger charge is -2.26. The molecule has 1 aromatic carbocycles. The minimum absolute atomic E-state index is 0.109. The van der Waals surface area contributed by atoms with E-state index in [1.165, 1.54) is 18.3 Å². The molecule has 1 aliphatic carbocycles. The van der Waals surface area contributed by atoms with Crippen molar-refractivity contribution in [1.29, 1.82) is 0 Å². The van der Waals surface area contributed by atoms with Crippen LogP contribution in [0.25, 0.3) is 11.1 Å². The van der Waals surface area contributed by atoms with Crippen LogP contribution in [0.15, 0.2) is 24.5 Å². The Balaban J connectivity index is 1.70. The van der Waals surface area contributed by atoms with Crippen molar-refractivity contribution in [3.63, 3.8) is 0 Å². The van der Waals surface area contributed by atoms with Gasteiger partial charge >= 0.3 is 10.2 Å².